The zero-order chi connectivity index (χ0) is 11.7. The van der Waals surface area contributed by atoms with Gasteiger partial charge in [0.05, 0.1) is 17.5 Å². The van der Waals surface area contributed by atoms with E-state index in [1.807, 2.05) is 42.6 Å². The molecule has 0 fully saturated rings. The van der Waals surface area contributed by atoms with Crippen LogP contribution in [0.15, 0.2) is 30.7 Å². The first-order chi connectivity index (χ1) is 7.61. The number of nitrogens with zero attached hydrogens (tertiary/aromatic N) is 2. The normalized spacial score (nSPS) is 13.2. The molecule has 0 radical (unpaired) electrons. The highest BCUT2D eigenvalue weighted by Gasteiger charge is 2.27. The van der Waals surface area contributed by atoms with Crippen LogP contribution >= 0.6 is 0 Å². The second-order valence-electron chi connectivity index (χ2n) is 4.18. The summed E-state index contributed by atoms with van der Waals surface area (Å²) in [7, 11) is 0. The third-order valence-corrected chi connectivity index (χ3v) is 2.70. The van der Waals surface area contributed by atoms with Crippen LogP contribution in [0.4, 0.5) is 0 Å². The van der Waals surface area contributed by atoms with Gasteiger partial charge in [0.25, 0.3) is 0 Å². The predicted octanol–water partition coefficient (Wildman–Crippen LogP) is 2.16. The van der Waals surface area contributed by atoms with E-state index in [2.05, 4.69) is 4.98 Å². The van der Waals surface area contributed by atoms with Gasteiger partial charge in [0.15, 0.2) is 0 Å². The van der Waals surface area contributed by atoms with E-state index in [-0.39, 0.29) is 5.92 Å². The van der Waals surface area contributed by atoms with Crippen LogP contribution in [0.2, 0.25) is 0 Å². The Morgan fingerprint density at radius 2 is 2.19 bits per heavy atom. The van der Waals surface area contributed by atoms with Crippen molar-refractivity contribution in [2.45, 2.75) is 19.8 Å². The summed E-state index contributed by atoms with van der Waals surface area (Å²) < 4.78 is 1.84. The Balaban J connectivity index is 2.57. The van der Waals surface area contributed by atoms with Crippen LogP contribution in [0.25, 0.3) is 5.52 Å². The smallest absolute Gasteiger partial charge is 0.312 e. The highest BCUT2D eigenvalue weighted by molar-refractivity contribution is 5.79. The molecule has 0 aliphatic carbocycles. The van der Waals surface area contributed by atoms with Gasteiger partial charge in [0.2, 0.25) is 0 Å². The lowest BCUT2D eigenvalue weighted by Gasteiger charge is -2.14. The summed E-state index contributed by atoms with van der Waals surface area (Å²) in [5.74, 6) is -1.34. The van der Waals surface area contributed by atoms with Crippen molar-refractivity contribution in [1.82, 2.24) is 9.38 Å². The summed E-state index contributed by atoms with van der Waals surface area (Å²) in [6.45, 7) is 3.79. The Bertz CT molecular complexity index is 516. The fourth-order valence-corrected chi connectivity index (χ4v) is 1.92. The van der Waals surface area contributed by atoms with Gasteiger partial charge in [-0.25, -0.2) is 4.98 Å². The molecule has 1 atom stereocenters. The number of hydrogen-bond donors (Lipinski definition) is 1. The number of aliphatic carboxylic acids is 1. The van der Waals surface area contributed by atoms with Crippen molar-refractivity contribution in [3.8, 4) is 0 Å². The number of aromatic nitrogens is 2. The molecule has 0 aliphatic heterocycles. The molecular weight excluding hydrogens is 204 g/mol. The summed E-state index contributed by atoms with van der Waals surface area (Å²) in [5, 5.41) is 9.23. The van der Waals surface area contributed by atoms with Crippen LogP contribution in [-0.2, 0) is 4.79 Å². The van der Waals surface area contributed by atoms with Crippen LogP contribution in [-0.4, -0.2) is 20.5 Å². The SMILES string of the molecule is CC(C)C(C(=O)O)c1ncn2ccccc12. The first-order valence-electron chi connectivity index (χ1n) is 5.25. The van der Waals surface area contributed by atoms with E-state index in [0.29, 0.717) is 5.69 Å². The molecule has 2 rings (SSSR count). The number of carbonyl (C=O) groups is 1. The van der Waals surface area contributed by atoms with Gasteiger partial charge >= 0.3 is 5.97 Å². The van der Waals surface area contributed by atoms with Crippen molar-refractivity contribution >= 4 is 11.5 Å². The second kappa shape index (κ2) is 3.96. The summed E-state index contributed by atoms with van der Waals surface area (Å²) >= 11 is 0. The van der Waals surface area contributed by atoms with E-state index in [9.17, 15) is 9.90 Å². The first-order valence-corrected chi connectivity index (χ1v) is 5.25. The molecule has 84 valence electrons. The second-order valence-corrected chi connectivity index (χ2v) is 4.18. The highest BCUT2D eigenvalue weighted by Crippen LogP contribution is 2.26. The van der Waals surface area contributed by atoms with Crippen LogP contribution in [0.5, 0.6) is 0 Å². The average molecular weight is 218 g/mol. The Labute approximate surface area is 93.5 Å². The number of carboxylic acid groups (broad SMARTS) is 1. The molecule has 0 saturated heterocycles. The number of carboxylic acids is 1. The fraction of sp³-hybridized carbons (Fsp3) is 0.333. The summed E-state index contributed by atoms with van der Waals surface area (Å²) in [6.07, 6.45) is 3.52. The molecule has 0 spiro atoms. The lowest BCUT2D eigenvalue weighted by atomic mass is 9.92. The van der Waals surface area contributed by atoms with Gasteiger partial charge in [0, 0.05) is 6.20 Å². The Kier molecular flexibility index (Phi) is 2.64. The molecule has 0 aliphatic rings. The van der Waals surface area contributed by atoms with Crippen molar-refractivity contribution in [2.75, 3.05) is 0 Å². The molecule has 2 heterocycles. The van der Waals surface area contributed by atoms with Crippen molar-refractivity contribution < 1.29 is 9.90 Å². The lowest BCUT2D eigenvalue weighted by Crippen LogP contribution is -2.18. The number of pyridine rings is 1. The van der Waals surface area contributed by atoms with Gasteiger partial charge in [-0.15, -0.1) is 0 Å². The Hall–Kier alpha value is -1.84. The quantitative estimate of drug-likeness (QED) is 0.858. The third-order valence-electron chi connectivity index (χ3n) is 2.70. The molecule has 1 N–H and O–H groups in total. The summed E-state index contributed by atoms with van der Waals surface area (Å²) in [4.78, 5) is 15.5. The molecule has 4 heteroatoms. The van der Waals surface area contributed by atoms with Crippen molar-refractivity contribution in [3.63, 3.8) is 0 Å². The summed E-state index contributed by atoms with van der Waals surface area (Å²) in [6, 6.07) is 5.67. The number of rotatable bonds is 3. The minimum absolute atomic E-state index is 0.0245. The molecule has 1 unspecified atom stereocenters. The zero-order valence-electron chi connectivity index (χ0n) is 9.29. The molecule has 2 aromatic rings. The van der Waals surface area contributed by atoms with E-state index in [4.69, 9.17) is 0 Å². The molecule has 0 amide bonds. The maximum absolute atomic E-state index is 11.2. The van der Waals surface area contributed by atoms with E-state index in [1.54, 1.807) is 6.33 Å². The van der Waals surface area contributed by atoms with Gasteiger partial charge < -0.3 is 9.51 Å². The minimum atomic E-state index is -0.820. The molecule has 0 aromatic carbocycles. The van der Waals surface area contributed by atoms with E-state index < -0.39 is 11.9 Å². The third kappa shape index (κ3) is 1.66. The maximum atomic E-state index is 11.2. The number of hydrogen-bond acceptors (Lipinski definition) is 2. The fourth-order valence-electron chi connectivity index (χ4n) is 1.92. The average Bonchev–Trinajstić information content (AvgIpc) is 2.61. The monoisotopic (exact) mass is 218 g/mol. The highest BCUT2D eigenvalue weighted by atomic mass is 16.4. The Morgan fingerprint density at radius 1 is 1.44 bits per heavy atom. The van der Waals surface area contributed by atoms with Gasteiger partial charge in [-0.3, -0.25) is 4.79 Å². The maximum Gasteiger partial charge on any atom is 0.312 e. The Morgan fingerprint density at radius 3 is 2.81 bits per heavy atom. The van der Waals surface area contributed by atoms with Gasteiger partial charge in [0.1, 0.15) is 5.92 Å². The molecular formula is C12H14N2O2. The van der Waals surface area contributed by atoms with Crippen LogP contribution in [0.3, 0.4) is 0 Å². The van der Waals surface area contributed by atoms with Crippen LogP contribution in [0.1, 0.15) is 25.5 Å². The first kappa shape index (κ1) is 10.7. The van der Waals surface area contributed by atoms with Crippen molar-refractivity contribution in [3.05, 3.63) is 36.4 Å². The zero-order valence-corrected chi connectivity index (χ0v) is 9.29. The van der Waals surface area contributed by atoms with E-state index in [1.165, 1.54) is 0 Å². The van der Waals surface area contributed by atoms with Gasteiger partial charge in [-0.1, -0.05) is 19.9 Å². The van der Waals surface area contributed by atoms with Gasteiger partial charge in [-0.2, -0.15) is 0 Å². The van der Waals surface area contributed by atoms with Crippen LogP contribution in [0, 0.1) is 5.92 Å². The van der Waals surface area contributed by atoms with Crippen molar-refractivity contribution in [1.29, 1.82) is 0 Å². The molecule has 0 bridgehead atoms. The molecule has 16 heavy (non-hydrogen) atoms. The van der Waals surface area contributed by atoms with E-state index >= 15 is 0 Å². The van der Waals surface area contributed by atoms with Crippen LogP contribution < -0.4 is 0 Å². The van der Waals surface area contributed by atoms with Gasteiger partial charge in [-0.05, 0) is 18.1 Å². The molecule has 4 nitrogen and oxygen atoms in total. The summed E-state index contributed by atoms with van der Waals surface area (Å²) in [5.41, 5.74) is 1.51. The standard InChI is InChI=1S/C12H14N2O2/c1-8(2)10(12(15)16)11-9-5-3-4-6-14(9)7-13-11/h3-8,10H,1-2H3,(H,15,16). The number of fused-ring (bicyclic) bond motifs is 1. The largest absolute Gasteiger partial charge is 0.481 e. The molecule has 2 aromatic heterocycles. The minimum Gasteiger partial charge on any atom is -0.481 e. The van der Waals surface area contributed by atoms with E-state index in [0.717, 1.165) is 5.52 Å². The predicted molar refractivity (Wildman–Crippen MR) is 60.4 cm³/mol. The topological polar surface area (TPSA) is 54.6 Å². The van der Waals surface area contributed by atoms with Crippen molar-refractivity contribution in [2.24, 2.45) is 5.92 Å². The lowest BCUT2D eigenvalue weighted by molar-refractivity contribution is -0.139. The molecule has 0 saturated carbocycles. The number of imidazole rings is 1.